The Morgan fingerprint density at radius 1 is 1.00 bits per heavy atom. The Bertz CT molecular complexity index is 565. The van der Waals surface area contributed by atoms with E-state index in [0.29, 0.717) is 5.69 Å². The summed E-state index contributed by atoms with van der Waals surface area (Å²) in [6.07, 6.45) is -0.710. The molecule has 4 heteroatoms. The molecule has 1 amide bonds. The Labute approximate surface area is 105 Å². The number of ether oxygens (including phenoxy) is 1. The van der Waals surface area contributed by atoms with Crippen LogP contribution in [0.15, 0.2) is 64.8 Å². The van der Waals surface area contributed by atoms with Crippen LogP contribution < -0.4 is 0 Å². The third-order valence-corrected chi connectivity index (χ3v) is 2.40. The predicted octanol–water partition coefficient (Wildman–Crippen LogP) is 4.20. The molecule has 0 atom stereocenters. The van der Waals surface area contributed by atoms with Crippen LogP contribution in [0.2, 0.25) is 0 Å². The van der Waals surface area contributed by atoms with E-state index in [9.17, 15) is 4.79 Å². The van der Waals surface area contributed by atoms with Crippen molar-refractivity contribution >= 4 is 11.8 Å². The summed E-state index contributed by atoms with van der Waals surface area (Å²) < 4.78 is 4.42. The minimum Gasteiger partial charge on any atom is -0.450 e. The lowest BCUT2D eigenvalue weighted by Crippen LogP contribution is -1.89. The lowest BCUT2D eigenvalue weighted by Gasteiger charge is -2.04. The van der Waals surface area contributed by atoms with Crippen LogP contribution >= 0.6 is 0 Å². The van der Waals surface area contributed by atoms with Gasteiger partial charge in [0.15, 0.2) is 0 Å². The van der Waals surface area contributed by atoms with Gasteiger partial charge in [-0.15, -0.1) is 5.11 Å². The number of benzene rings is 2. The van der Waals surface area contributed by atoms with E-state index in [4.69, 9.17) is 0 Å². The highest BCUT2D eigenvalue weighted by Crippen LogP contribution is 2.29. The second-order valence-electron chi connectivity index (χ2n) is 3.55. The molecule has 0 bridgehead atoms. The molecule has 0 radical (unpaired) electrons. The van der Waals surface area contributed by atoms with Crippen molar-refractivity contribution < 1.29 is 9.53 Å². The number of azo groups is 1. The summed E-state index contributed by atoms with van der Waals surface area (Å²) in [6.45, 7) is 0. The van der Waals surface area contributed by atoms with Gasteiger partial charge in [-0.05, 0) is 11.6 Å². The fourth-order valence-corrected chi connectivity index (χ4v) is 1.56. The second-order valence-corrected chi connectivity index (χ2v) is 3.55. The van der Waals surface area contributed by atoms with Gasteiger partial charge in [-0.3, -0.25) is 0 Å². The van der Waals surface area contributed by atoms with Crippen LogP contribution in [0.4, 0.5) is 10.5 Å². The van der Waals surface area contributed by atoms with E-state index in [1.54, 1.807) is 6.07 Å². The maximum Gasteiger partial charge on any atom is 0.452 e. The number of methoxy groups -OCH3 is 1. The lowest BCUT2D eigenvalue weighted by molar-refractivity contribution is 0.181. The number of hydrogen-bond acceptors (Lipinski definition) is 3. The van der Waals surface area contributed by atoms with Gasteiger partial charge in [0.1, 0.15) is 0 Å². The Hall–Kier alpha value is -2.49. The molecule has 0 fully saturated rings. The van der Waals surface area contributed by atoms with Crippen LogP contribution in [0.5, 0.6) is 0 Å². The predicted molar refractivity (Wildman–Crippen MR) is 68.8 cm³/mol. The Balaban J connectivity index is 2.38. The number of amides is 1. The first kappa shape index (κ1) is 12.0. The van der Waals surface area contributed by atoms with Crippen LogP contribution in [0.3, 0.4) is 0 Å². The first-order valence-corrected chi connectivity index (χ1v) is 5.45. The maximum absolute atomic E-state index is 11.0. The zero-order valence-corrected chi connectivity index (χ0v) is 9.91. The first-order valence-electron chi connectivity index (χ1n) is 5.45. The van der Waals surface area contributed by atoms with E-state index in [2.05, 4.69) is 15.0 Å². The van der Waals surface area contributed by atoms with Crippen molar-refractivity contribution in [2.75, 3.05) is 7.11 Å². The SMILES string of the molecule is COC(=O)N=Nc1ccccc1-c1ccccc1. The van der Waals surface area contributed by atoms with E-state index in [1.807, 2.05) is 48.5 Å². The molecular weight excluding hydrogens is 228 g/mol. The normalized spacial score (nSPS) is 10.5. The van der Waals surface area contributed by atoms with Crippen LogP contribution in [-0.2, 0) is 4.74 Å². The molecule has 0 aliphatic rings. The van der Waals surface area contributed by atoms with Gasteiger partial charge >= 0.3 is 6.09 Å². The van der Waals surface area contributed by atoms with Gasteiger partial charge in [0.05, 0.1) is 12.8 Å². The number of rotatable bonds is 2. The zero-order valence-electron chi connectivity index (χ0n) is 9.91. The van der Waals surface area contributed by atoms with Gasteiger partial charge in [0.2, 0.25) is 0 Å². The number of nitrogens with zero attached hydrogens (tertiary/aromatic N) is 2. The lowest BCUT2D eigenvalue weighted by atomic mass is 10.0. The fraction of sp³-hybridized carbons (Fsp3) is 0.0714. The summed E-state index contributed by atoms with van der Waals surface area (Å²) in [4.78, 5) is 11.0. The summed E-state index contributed by atoms with van der Waals surface area (Å²) in [7, 11) is 1.27. The molecular formula is C14H12N2O2. The van der Waals surface area contributed by atoms with Gasteiger partial charge in [0, 0.05) is 5.56 Å². The Morgan fingerprint density at radius 3 is 2.39 bits per heavy atom. The highest BCUT2D eigenvalue weighted by molar-refractivity contribution is 5.76. The monoisotopic (exact) mass is 240 g/mol. The maximum atomic E-state index is 11.0. The van der Waals surface area contributed by atoms with Crippen molar-refractivity contribution in [1.82, 2.24) is 0 Å². The first-order chi connectivity index (χ1) is 8.81. The topological polar surface area (TPSA) is 51.0 Å². The van der Waals surface area contributed by atoms with Crippen molar-refractivity contribution in [2.24, 2.45) is 10.2 Å². The van der Waals surface area contributed by atoms with Crippen LogP contribution in [0.1, 0.15) is 0 Å². The molecule has 2 aromatic rings. The minimum absolute atomic E-state index is 0.633. The third kappa shape index (κ3) is 2.79. The van der Waals surface area contributed by atoms with Gasteiger partial charge in [-0.25, -0.2) is 4.79 Å². The van der Waals surface area contributed by atoms with E-state index < -0.39 is 6.09 Å². The molecule has 0 spiro atoms. The average molecular weight is 240 g/mol. The molecule has 0 heterocycles. The standard InChI is InChI=1S/C14H12N2O2/c1-18-14(17)16-15-13-10-6-5-9-12(13)11-7-3-2-4-8-11/h2-10H,1H3. The van der Waals surface area contributed by atoms with Crippen molar-refractivity contribution in [3.8, 4) is 11.1 Å². The van der Waals surface area contributed by atoms with E-state index in [0.717, 1.165) is 11.1 Å². The van der Waals surface area contributed by atoms with Crippen LogP contribution in [-0.4, -0.2) is 13.2 Å². The largest absolute Gasteiger partial charge is 0.452 e. The molecule has 0 unspecified atom stereocenters. The molecule has 90 valence electrons. The second kappa shape index (κ2) is 5.72. The van der Waals surface area contributed by atoms with Crippen molar-refractivity contribution in [1.29, 1.82) is 0 Å². The highest BCUT2D eigenvalue weighted by Gasteiger charge is 2.03. The number of hydrogen-bond donors (Lipinski definition) is 0. The van der Waals surface area contributed by atoms with E-state index in [1.165, 1.54) is 7.11 Å². The van der Waals surface area contributed by atoms with Crippen molar-refractivity contribution in [3.05, 3.63) is 54.6 Å². The summed E-state index contributed by atoms with van der Waals surface area (Å²) in [5, 5.41) is 7.37. The van der Waals surface area contributed by atoms with Gasteiger partial charge < -0.3 is 4.74 Å². The van der Waals surface area contributed by atoms with Crippen LogP contribution in [0, 0.1) is 0 Å². The molecule has 0 aliphatic heterocycles. The zero-order chi connectivity index (χ0) is 12.8. The minimum atomic E-state index is -0.710. The number of carbonyl (C=O) groups is 1. The Kier molecular flexibility index (Phi) is 3.81. The molecule has 0 N–H and O–H groups in total. The fourth-order valence-electron chi connectivity index (χ4n) is 1.56. The molecule has 0 aliphatic carbocycles. The van der Waals surface area contributed by atoms with E-state index >= 15 is 0 Å². The Morgan fingerprint density at radius 2 is 1.67 bits per heavy atom. The average Bonchev–Trinajstić information content (AvgIpc) is 2.46. The molecule has 2 rings (SSSR count). The number of carbonyl (C=O) groups excluding carboxylic acids is 1. The molecule has 18 heavy (non-hydrogen) atoms. The molecule has 0 aromatic heterocycles. The summed E-state index contributed by atoms with van der Waals surface area (Å²) in [5.41, 5.74) is 2.58. The van der Waals surface area contributed by atoms with Crippen molar-refractivity contribution in [2.45, 2.75) is 0 Å². The molecule has 2 aromatic carbocycles. The summed E-state index contributed by atoms with van der Waals surface area (Å²) in [6, 6.07) is 17.3. The smallest absolute Gasteiger partial charge is 0.450 e. The quantitative estimate of drug-likeness (QED) is 0.738. The molecule has 4 nitrogen and oxygen atoms in total. The highest BCUT2D eigenvalue weighted by atomic mass is 16.5. The molecule has 0 saturated heterocycles. The van der Waals surface area contributed by atoms with Gasteiger partial charge in [-0.1, -0.05) is 53.6 Å². The van der Waals surface area contributed by atoms with E-state index in [-0.39, 0.29) is 0 Å². The van der Waals surface area contributed by atoms with Crippen molar-refractivity contribution in [3.63, 3.8) is 0 Å². The third-order valence-electron chi connectivity index (χ3n) is 2.40. The molecule has 0 saturated carbocycles. The summed E-state index contributed by atoms with van der Waals surface area (Å²) in [5.74, 6) is 0. The summed E-state index contributed by atoms with van der Waals surface area (Å²) >= 11 is 0. The van der Waals surface area contributed by atoms with Gasteiger partial charge in [0.25, 0.3) is 0 Å². The van der Waals surface area contributed by atoms with Crippen LogP contribution in [0.25, 0.3) is 11.1 Å². The van der Waals surface area contributed by atoms with Gasteiger partial charge in [-0.2, -0.15) is 0 Å².